The van der Waals surface area contributed by atoms with Gasteiger partial charge in [0.15, 0.2) is 0 Å². The van der Waals surface area contributed by atoms with E-state index in [4.69, 9.17) is 5.73 Å². The van der Waals surface area contributed by atoms with E-state index in [1.54, 1.807) is 12.4 Å². The van der Waals surface area contributed by atoms with Crippen molar-refractivity contribution in [2.75, 3.05) is 11.1 Å². The van der Waals surface area contributed by atoms with Crippen LogP contribution in [0.4, 0.5) is 11.8 Å². The molecule has 5 heteroatoms. The largest absolute Gasteiger partial charge is 0.368 e. The van der Waals surface area contributed by atoms with E-state index in [0.29, 0.717) is 0 Å². The molecular weight excluding hydrogens is 214 g/mol. The lowest BCUT2D eigenvalue weighted by atomic mass is 10.1. The van der Waals surface area contributed by atoms with E-state index < -0.39 is 0 Å². The van der Waals surface area contributed by atoms with Gasteiger partial charge in [0.2, 0.25) is 5.95 Å². The first-order valence-electron chi connectivity index (χ1n) is 5.42. The third-order valence-electron chi connectivity index (χ3n) is 2.53. The number of anilines is 2. The number of rotatable bonds is 3. The molecule has 17 heavy (non-hydrogen) atoms. The van der Waals surface area contributed by atoms with Crippen LogP contribution in [-0.2, 0) is 0 Å². The first-order valence-corrected chi connectivity index (χ1v) is 5.42. The third-order valence-corrected chi connectivity index (χ3v) is 2.53. The van der Waals surface area contributed by atoms with Crippen molar-refractivity contribution in [2.24, 2.45) is 0 Å². The van der Waals surface area contributed by atoms with Gasteiger partial charge in [-0.15, -0.1) is 0 Å². The highest BCUT2D eigenvalue weighted by Gasteiger charge is 2.08. The Kier molecular flexibility index (Phi) is 3.18. The van der Waals surface area contributed by atoms with Crippen molar-refractivity contribution in [1.29, 1.82) is 0 Å². The lowest BCUT2D eigenvalue weighted by Crippen LogP contribution is -2.10. The van der Waals surface area contributed by atoms with Crippen LogP contribution in [0, 0.1) is 6.92 Å². The standard InChI is InChI=1S/C12H15N5/c1-8-6-15-12(13)17-11(8)16-9(2)10-4-3-5-14-7-10/h3-7,9H,1-2H3,(H3,13,15,16,17). The predicted octanol–water partition coefficient (Wildman–Crippen LogP) is 1.94. The monoisotopic (exact) mass is 229 g/mol. The molecule has 5 nitrogen and oxygen atoms in total. The van der Waals surface area contributed by atoms with Gasteiger partial charge in [0, 0.05) is 24.2 Å². The van der Waals surface area contributed by atoms with Crippen LogP contribution in [0.1, 0.15) is 24.1 Å². The third kappa shape index (κ3) is 2.69. The first-order chi connectivity index (χ1) is 8.16. The van der Waals surface area contributed by atoms with Crippen molar-refractivity contribution in [1.82, 2.24) is 15.0 Å². The van der Waals surface area contributed by atoms with Crippen molar-refractivity contribution in [3.63, 3.8) is 0 Å². The molecule has 0 aliphatic carbocycles. The Labute approximate surface area is 100 Å². The summed E-state index contributed by atoms with van der Waals surface area (Å²) in [6.07, 6.45) is 5.29. The van der Waals surface area contributed by atoms with Gasteiger partial charge >= 0.3 is 0 Å². The molecule has 0 radical (unpaired) electrons. The minimum absolute atomic E-state index is 0.122. The molecule has 2 heterocycles. The highest BCUT2D eigenvalue weighted by Crippen LogP contribution is 2.19. The molecule has 0 spiro atoms. The maximum absolute atomic E-state index is 5.57. The molecule has 88 valence electrons. The molecule has 1 unspecified atom stereocenters. The molecule has 2 rings (SSSR count). The Morgan fingerprint density at radius 2 is 2.18 bits per heavy atom. The van der Waals surface area contributed by atoms with Gasteiger partial charge in [-0.05, 0) is 25.5 Å². The van der Waals surface area contributed by atoms with E-state index in [0.717, 1.165) is 16.9 Å². The van der Waals surface area contributed by atoms with Crippen LogP contribution in [0.5, 0.6) is 0 Å². The number of nitrogen functional groups attached to an aromatic ring is 1. The highest BCUT2D eigenvalue weighted by atomic mass is 15.1. The lowest BCUT2D eigenvalue weighted by molar-refractivity contribution is 0.861. The zero-order valence-corrected chi connectivity index (χ0v) is 9.88. The molecule has 2 aromatic rings. The summed E-state index contributed by atoms with van der Waals surface area (Å²) in [5.74, 6) is 1.03. The minimum atomic E-state index is 0.122. The van der Waals surface area contributed by atoms with E-state index in [1.165, 1.54) is 0 Å². The Bertz CT molecular complexity index is 498. The summed E-state index contributed by atoms with van der Waals surface area (Å²) < 4.78 is 0. The fourth-order valence-electron chi connectivity index (χ4n) is 1.52. The number of nitrogens with zero attached hydrogens (tertiary/aromatic N) is 3. The summed E-state index contributed by atoms with van der Waals surface area (Å²) in [7, 11) is 0. The van der Waals surface area contributed by atoms with Crippen LogP contribution in [-0.4, -0.2) is 15.0 Å². The van der Waals surface area contributed by atoms with Crippen LogP contribution in [0.15, 0.2) is 30.7 Å². The van der Waals surface area contributed by atoms with Crippen molar-refractivity contribution in [3.05, 3.63) is 41.9 Å². The SMILES string of the molecule is Cc1cnc(N)nc1NC(C)c1cccnc1. The average molecular weight is 229 g/mol. The Hall–Kier alpha value is -2.17. The second kappa shape index (κ2) is 4.78. The first kappa shape index (κ1) is 11.3. The molecule has 0 aliphatic heterocycles. The van der Waals surface area contributed by atoms with Gasteiger partial charge < -0.3 is 11.1 Å². The van der Waals surface area contributed by atoms with Gasteiger partial charge in [0.1, 0.15) is 5.82 Å². The highest BCUT2D eigenvalue weighted by molar-refractivity contribution is 5.46. The van der Waals surface area contributed by atoms with Crippen LogP contribution in [0.25, 0.3) is 0 Å². The molecule has 0 amide bonds. The zero-order chi connectivity index (χ0) is 12.3. The lowest BCUT2D eigenvalue weighted by Gasteiger charge is -2.15. The maximum Gasteiger partial charge on any atom is 0.221 e. The van der Waals surface area contributed by atoms with Crippen molar-refractivity contribution < 1.29 is 0 Å². The number of aromatic nitrogens is 3. The van der Waals surface area contributed by atoms with E-state index in [1.807, 2.05) is 25.3 Å². The average Bonchev–Trinajstić information content (AvgIpc) is 2.35. The molecule has 3 N–H and O–H groups in total. The van der Waals surface area contributed by atoms with Gasteiger partial charge in [0.25, 0.3) is 0 Å². The molecule has 0 saturated heterocycles. The molecule has 0 aliphatic rings. The second-order valence-corrected chi connectivity index (χ2v) is 3.91. The molecule has 0 aromatic carbocycles. The Morgan fingerprint density at radius 1 is 1.35 bits per heavy atom. The number of aryl methyl sites for hydroxylation is 1. The minimum Gasteiger partial charge on any atom is -0.368 e. The molecule has 0 saturated carbocycles. The van der Waals surface area contributed by atoms with Crippen LogP contribution >= 0.6 is 0 Å². The van der Waals surface area contributed by atoms with E-state index in [2.05, 4.69) is 27.2 Å². The number of hydrogen-bond acceptors (Lipinski definition) is 5. The van der Waals surface area contributed by atoms with Crippen molar-refractivity contribution in [2.45, 2.75) is 19.9 Å². The predicted molar refractivity (Wildman–Crippen MR) is 67.5 cm³/mol. The molecular formula is C12H15N5. The van der Waals surface area contributed by atoms with Gasteiger partial charge in [-0.3, -0.25) is 4.98 Å². The van der Waals surface area contributed by atoms with E-state index >= 15 is 0 Å². The van der Waals surface area contributed by atoms with E-state index in [-0.39, 0.29) is 12.0 Å². The van der Waals surface area contributed by atoms with Gasteiger partial charge in [-0.25, -0.2) is 4.98 Å². The second-order valence-electron chi connectivity index (χ2n) is 3.91. The summed E-state index contributed by atoms with van der Waals surface area (Å²) in [6.45, 7) is 3.99. The number of hydrogen-bond donors (Lipinski definition) is 2. The summed E-state index contributed by atoms with van der Waals surface area (Å²) in [5.41, 5.74) is 7.64. The summed E-state index contributed by atoms with van der Waals surface area (Å²) in [6, 6.07) is 4.05. The Morgan fingerprint density at radius 3 is 2.88 bits per heavy atom. The van der Waals surface area contributed by atoms with Gasteiger partial charge in [-0.1, -0.05) is 6.07 Å². The molecule has 2 aromatic heterocycles. The summed E-state index contributed by atoms with van der Waals surface area (Å²) in [4.78, 5) is 12.2. The van der Waals surface area contributed by atoms with Crippen LogP contribution < -0.4 is 11.1 Å². The molecule has 0 fully saturated rings. The fourth-order valence-corrected chi connectivity index (χ4v) is 1.52. The number of nitrogens with one attached hydrogen (secondary N) is 1. The summed E-state index contributed by atoms with van der Waals surface area (Å²) in [5, 5.41) is 3.30. The zero-order valence-electron chi connectivity index (χ0n) is 9.88. The van der Waals surface area contributed by atoms with Crippen molar-refractivity contribution >= 4 is 11.8 Å². The molecule has 1 atom stereocenters. The van der Waals surface area contributed by atoms with Crippen LogP contribution in [0.3, 0.4) is 0 Å². The Balaban J connectivity index is 2.18. The van der Waals surface area contributed by atoms with E-state index in [9.17, 15) is 0 Å². The van der Waals surface area contributed by atoms with Gasteiger partial charge in [-0.2, -0.15) is 4.98 Å². The molecule has 0 bridgehead atoms. The fraction of sp³-hybridized carbons (Fsp3) is 0.250. The van der Waals surface area contributed by atoms with Gasteiger partial charge in [0.05, 0.1) is 6.04 Å². The topological polar surface area (TPSA) is 76.7 Å². The number of pyridine rings is 1. The van der Waals surface area contributed by atoms with Crippen LogP contribution in [0.2, 0.25) is 0 Å². The van der Waals surface area contributed by atoms with Crippen molar-refractivity contribution in [3.8, 4) is 0 Å². The maximum atomic E-state index is 5.57. The number of nitrogens with two attached hydrogens (primary N) is 1. The quantitative estimate of drug-likeness (QED) is 0.841. The summed E-state index contributed by atoms with van der Waals surface area (Å²) >= 11 is 0. The normalized spacial score (nSPS) is 12.1. The smallest absolute Gasteiger partial charge is 0.221 e.